The zero-order valence-electron chi connectivity index (χ0n) is 18.0. The predicted molar refractivity (Wildman–Crippen MR) is 124 cm³/mol. The molecule has 8 heteroatoms. The number of carbonyl (C=O) groups is 1. The normalized spacial score (nSPS) is 11.8. The number of para-hydroxylation sites is 1. The Morgan fingerprint density at radius 2 is 1.50 bits per heavy atom. The van der Waals surface area contributed by atoms with Crippen LogP contribution in [-0.4, -0.2) is 26.6 Å². The van der Waals surface area contributed by atoms with Gasteiger partial charge >= 0.3 is 0 Å². The molecule has 0 aliphatic rings. The summed E-state index contributed by atoms with van der Waals surface area (Å²) in [6, 6.07) is 19.1. The summed E-state index contributed by atoms with van der Waals surface area (Å²) in [4.78, 5) is 12.6. The second-order valence-electron chi connectivity index (χ2n) is 7.37. The minimum absolute atomic E-state index is 0.0431. The van der Waals surface area contributed by atoms with E-state index in [2.05, 4.69) is 10.5 Å². The third-order valence-electron chi connectivity index (χ3n) is 4.83. The zero-order chi connectivity index (χ0) is 23.3. The number of nitrogens with one attached hydrogen (secondary N) is 1. The molecule has 3 rings (SSSR count). The fourth-order valence-corrected chi connectivity index (χ4v) is 4.39. The van der Waals surface area contributed by atoms with Crippen LogP contribution < -0.4 is 9.73 Å². The van der Waals surface area contributed by atoms with E-state index in [1.54, 1.807) is 19.1 Å². The average Bonchev–Trinajstić information content (AvgIpc) is 2.77. The van der Waals surface area contributed by atoms with Gasteiger partial charge in [0.1, 0.15) is 12.4 Å². The highest BCUT2D eigenvalue weighted by Crippen LogP contribution is 2.26. The number of hydrazone groups is 1. The lowest BCUT2D eigenvalue weighted by Gasteiger charge is -2.24. The fraction of sp³-hybridized carbons (Fsp3) is 0.167. The van der Waals surface area contributed by atoms with Gasteiger partial charge in [0.2, 0.25) is 0 Å². The van der Waals surface area contributed by atoms with Crippen molar-refractivity contribution in [2.75, 3.05) is 10.8 Å². The lowest BCUT2D eigenvalue weighted by Crippen LogP contribution is -2.40. The van der Waals surface area contributed by atoms with Crippen LogP contribution in [0.4, 0.5) is 10.1 Å². The lowest BCUT2D eigenvalue weighted by molar-refractivity contribution is -0.119. The molecule has 0 spiro atoms. The molecule has 0 fully saturated rings. The Bertz CT molecular complexity index is 1240. The number of halogens is 1. The Labute approximate surface area is 187 Å². The topological polar surface area (TPSA) is 78.8 Å². The lowest BCUT2D eigenvalue weighted by atomic mass is 10.1. The molecular formula is C24H24FN3O3S. The first-order valence-corrected chi connectivity index (χ1v) is 11.4. The number of nitrogens with zero attached hydrogens (tertiary/aromatic N) is 2. The molecule has 0 atom stereocenters. The Hall–Kier alpha value is -3.52. The maximum Gasteiger partial charge on any atom is 0.264 e. The average molecular weight is 454 g/mol. The number of amides is 1. The second-order valence-corrected chi connectivity index (χ2v) is 9.24. The number of anilines is 1. The smallest absolute Gasteiger partial charge is 0.264 e. The summed E-state index contributed by atoms with van der Waals surface area (Å²) in [5, 5.41) is 4.06. The highest BCUT2D eigenvalue weighted by atomic mass is 32.2. The molecule has 3 aromatic carbocycles. The van der Waals surface area contributed by atoms with Gasteiger partial charge in [-0.1, -0.05) is 59.7 Å². The maximum absolute atomic E-state index is 14.5. The monoisotopic (exact) mass is 453 g/mol. The molecule has 0 aliphatic carbocycles. The van der Waals surface area contributed by atoms with Crippen LogP contribution in [0.3, 0.4) is 0 Å². The number of hydrogen-bond acceptors (Lipinski definition) is 4. The Kier molecular flexibility index (Phi) is 7.05. The largest absolute Gasteiger partial charge is 0.271 e. The van der Waals surface area contributed by atoms with Crippen LogP contribution in [0.15, 0.2) is 82.8 Å². The summed E-state index contributed by atoms with van der Waals surface area (Å²) >= 11 is 0. The molecule has 0 bridgehead atoms. The molecule has 166 valence electrons. The van der Waals surface area contributed by atoms with Gasteiger partial charge < -0.3 is 0 Å². The number of aryl methyl sites for hydroxylation is 2. The predicted octanol–water partition coefficient (Wildman–Crippen LogP) is 4.18. The van der Waals surface area contributed by atoms with E-state index in [1.807, 2.05) is 38.1 Å². The summed E-state index contributed by atoms with van der Waals surface area (Å²) in [5.41, 5.74) is 5.48. The molecule has 0 aromatic heterocycles. The van der Waals surface area contributed by atoms with E-state index in [4.69, 9.17) is 0 Å². The SMILES string of the molecule is C/C(=N/NC(=O)CN(c1ccccc1F)S(=O)(=O)c1ccc(C)cc1)c1ccc(C)cc1. The highest BCUT2D eigenvalue weighted by Gasteiger charge is 2.29. The Balaban J connectivity index is 1.88. The van der Waals surface area contributed by atoms with Crippen LogP contribution in [0.25, 0.3) is 0 Å². The van der Waals surface area contributed by atoms with Crippen LogP contribution in [0, 0.1) is 19.7 Å². The number of sulfonamides is 1. The van der Waals surface area contributed by atoms with E-state index in [0.29, 0.717) is 5.71 Å². The van der Waals surface area contributed by atoms with E-state index in [0.717, 1.165) is 27.1 Å². The summed E-state index contributed by atoms with van der Waals surface area (Å²) in [6.07, 6.45) is 0. The maximum atomic E-state index is 14.5. The Morgan fingerprint density at radius 3 is 2.09 bits per heavy atom. The standard InChI is InChI=1S/C24H24FN3O3S/c1-17-8-12-20(13-9-17)19(3)26-27-24(29)16-28(23-7-5-4-6-22(23)25)32(30,31)21-14-10-18(2)11-15-21/h4-15H,16H2,1-3H3,(H,27,29)/b26-19-. The van der Waals surface area contributed by atoms with Gasteiger partial charge in [-0.25, -0.2) is 18.2 Å². The van der Waals surface area contributed by atoms with E-state index in [-0.39, 0.29) is 10.6 Å². The van der Waals surface area contributed by atoms with Crippen LogP contribution in [0.2, 0.25) is 0 Å². The van der Waals surface area contributed by atoms with E-state index in [9.17, 15) is 17.6 Å². The van der Waals surface area contributed by atoms with Gasteiger partial charge in [0.05, 0.1) is 16.3 Å². The van der Waals surface area contributed by atoms with Gasteiger partial charge in [-0.3, -0.25) is 9.10 Å². The first-order chi connectivity index (χ1) is 15.2. The summed E-state index contributed by atoms with van der Waals surface area (Å²) < 4.78 is 41.8. The van der Waals surface area contributed by atoms with Gasteiger partial charge in [-0.05, 0) is 50.6 Å². The zero-order valence-corrected chi connectivity index (χ0v) is 18.9. The number of rotatable bonds is 7. The summed E-state index contributed by atoms with van der Waals surface area (Å²) in [5.74, 6) is -1.45. The molecule has 32 heavy (non-hydrogen) atoms. The van der Waals surface area contributed by atoms with Gasteiger partial charge in [0.25, 0.3) is 15.9 Å². The van der Waals surface area contributed by atoms with Gasteiger partial charge in [0, 0.05) is 0 Å². The van der Waals surface area contributed by atoms with Crippen molar-refractivity contribution in [3.63, 3.8) is 0 Å². The molecule has 1 amide bonds. The van der Waals surface area contributed by atoms with Crippen molar-refractivity contribution in [1.82, 2.24) is 5.43 Å². The quantitative estimate of drug-likeness (QED) is 0.431. The number of benzene rings is 3. The van der Waals surface area contributed by atoms with Crippen molar-refractivity contribution in [2.45, 2.75) is 25.7 Å². The van der Waals surface area contributed by atoms with Gasteiger partial charge in [0.15, 0.2) is 0 Å². The molecule has 0 aliphatic heterocycles. The molecule has 1 N–H and O–H groups in total. The molecule has 3 aromatic rings. The molecule has 0 saturated heterocycles. The Morgan fingerprint density at radius 1 is 0.938 bits per heavy atom. The fourth-order valence-electron chi connectivity index (χ4n) is 2.96. The van der Waals surface area contributed by atoms with Crippen LogP contribution in [0.1, 0.15) is 23.6 Å². The number of carbonyl (C=O) groups excluding carboxylic acids is 1. The molecular weight excluding hydrogens is 429 g/mol. The van der Waals surface area contributed by atoms with Crippen molar-refractivity contribution < 1.29 is 17.6 Å². The highest BCUT2D eigenvalue weighted by molar-refractivity contribution is 7.92. The van der Waals surface area contributed by atoms with Crippen LogP contribution in [0.5, 0.6) is 0 Å². The third kappa shape index (κ3) is 5.39. The van der Waals surface area contributed by atoms with Crippen molar-refractivity contribution in [3.8, 4) is 0 Å². The second kappa shape index (κ2) is 9.74. The van der Waals surface area contributed by atoms with Gasteiger partial charge in [-0.15, -0.1) is 0 Å². The molecule has 0 saturated carbocycles. The minimum atomic E-state index is -4.20. The van der Waals surface area contributed by atoms with Crippen molar-refractivity contribution in [3.05, 3.63) is 95.3 Å². The molecule has 6 nitrogen and oxygen atoms in total. The minimum Gasteiger partial charge on any atom is -0.271 e. The van der Waals surface area contributed by atoms with Gasteiger partial charge in [-0.2, -0.15) is 5.10 Å². The van der Waals surface area contributed by atoms with Crippen LogP contribution >= 0.6 is 0 Å². The van der Waals surface area contributed by atoms with Crippen molar-refractivity contribution >= 4 is 27.3 Å². The van der Waals surface area contributed by atoms with Crippen molar-refractivity contribution in [2.24, 2.45) is 5.10 Å². The summed E-state index contributed by atoms with van der Waals surface area (Å²) in [7, 11) is -4.20. The van der Waals surface area contributed by atoms with E-state index in [1.165, 1.54) is 30.3 Å². The summed E-state index contributed by atoms with van der Waals surface area (Å²) in [6.45, 7) is 4.88. The number of hydrogen-bond donors (Lipinski definition) is 1. The van der Waals surface area contributed by atoms with E-state index >= 15 is 0 Å². The van der Waals surface area contributed by atoms with E-state index < -0.39 is 28.3 Å². The molecule has 0 radical (unpaired) electrons. The molecule has 0 heterocycles. The van der Waals surface area contributed by atoms with Crippen LogP contribution in [-0.2, 0) is 14.8 Å². The molecule has 0 unspecified atom stereocenters. The third-order valence-corrected chi connectivity index (χ3v) is 6.61. The van der Waals surface area contributed by atoms with Crippen molar-refractivity contribution in [1.29, 1.82) is 0 Å². The first-order valence-electron chi connectivity index (χ1n) is 9.92. The first kappa shape index (κ1) is 23.1.